The Balaban J connectivity index is 2.39. The average Bonchev–Trinajstić information content (AvgIpc) is 2.05. The van der Waals surface area contributed by atoms with Crippen LogP contribution in [0, 0.1) is 11.8 Å². The lowest BCUT2D eigenvalue weighted by Crippen LogP contribution is -2.15. The number of hydrogen-bond acceptors (Lipinski definition) is 0. The monoisotopic (exact) mass is 168 g/mol. The summed E-state index contributed by atoms with van der Waals surface area (Å²) < 4.78 is 0. The molecule has 0 radical (unpaired) electrons. The molecule has 1 aliphatic carbocycles. The Kier molecular flexibility index (Phi) is 4.72. The smallest absolute Gasteiger partial charge is 0.0389 e. The van der Waals surface area contributed by atoms with Crippen molar-refractivity contribution in [3.05, 3.63) is 0 Å². The minimum Gasteiger partial charge on any atom is -0.0651 e. The molecule has 0 aliphatic heterocycles. The molecule has 72 valence electrons. The normalized spacial score (nSPS) is 32.5. The van der Waals surface area contributed by atoms with Crippen LogP contribution in [0.1, 0.15) is 65.2 Å². The third-order valence-corrected chi connectivity index (χ3v) is 3.62. The molecule has 1 fully saturated rings. The molecule has 0 heterocycles. The summed E-state index contributed by atoms with van der Waals surface area (Å²) in [6, 6.07) is 0. The van der Waals surface area contributed by atoms with Crippen LogP contribution in [0.4, 0.5) is 0 Å². The minimum atomic E-state index is 1.05. The zero-order chi connectivity index (χ0) is 8.81. The summed E-state index contributed by atoms with van der Waals surface area (Å²) in [5.74, 6) is 2.10. The van der Waals surface area contributed by atoms with Crippen molar-refractivity contribution < 1.29 is 0 Å². The molecule has 0 spiro atoms. The zero-order valence-corrected chi connectivity index (χ0v) is 8.81. The van der Waals surface area contributed by atoms with Crippen molar-refractivity contribution in [3.63, 3.8) is 0 Å². The summed E-state index contributed by atoms with van der Waals surface area (Å²) in [5.41, 5.74) is 0. The van der Waals surface area contributed by atoms with Gasteiger partial charge in [-0.25, -0.2) is 0 Å². The van der Waals surface area contributed by atoms with Gasteiger partial charge < -0.3 is 0 Å². The number of rotatable bonds is 2. The van der Waals surface area contributed by atoms with Gasteiger partial charge in [-0.2, -0.15) is 0 Å². The SMILES string of the molecule is CC[C@H]1CCCCCC[C@@H]1CC. The highest BCUT2D eigenvalue weighted by atomic mass is 14.2. The van der Waals surface area contributed by atoms with Crippen LogP contribution in [0.25, 0.3) is 0 Å². The summed E-state index contributed by atoms with van der Waals surface area (Å²) in [4.78, 5) is 0. The Morgan fingerprint density at radius 3 is 1.50 bits per heavy atom. The third kappa shape index (κ3) is 2.80. The minimum absolute atomic E-state index is 1.05. The van der Waals surface area contributed by atoms with E-state index in [1.54, 1.807) is 0 Å². The first-order valence-corrected chi connectivity index (χ1v) is 5.88. The fraction of sp³-hybridized carbons (Fsp3) is 1.00. The van der Waals surface area contributed by atoms with Gasteiger partial charge in [0, 0.05) is 0 Å². The maximum absolute atomic E-state index is 2.37. The molecule has 0 saturated heterocycles. The first-order chi connectivity index (χ1) is 5.88. The van der Waals surface area contributed by atoms with E-state index in [2.05, 4.69) is 13.8 Å². The van der Waals surface area contributed by atoms with E-state index in [0.29, 0.717) is 0 Å². The molecule has 0 aromatic heterocycles. The van der Waals surface area contributed by atoms with Gasteiger partial charge in [-0.1, -0.05) is 65.2 Å². The lowest BCUT2D eigenvalue weighted by molar-refractivity contribution is 0.247. The van der Waals surface area contributed by atoms with Crippen LogP contribution in [0.2, 0.25) is 0 Å². The van der Waals surface area contributed by atoms with Crippen LogP contribution in [0.5, 0.6) is 0 Å². The van der Waals surface area contributed by atoms with E-state index in [4.69, 9.17) is 0 Å². The fourth-order valence-electron chi connectivity index (χ4n) is 2.71. The summed E-state index contributed by atoms with van der Waals surface area (Å²) in [6.45, 7) is 4.74. The van der Waals surface area contributed by atoms with E-state index >= 15 is 0 Å². The molecule has 0 bridgehead atoms. The largest absolute Gasteiger partial charge is 0.0651 e. The highest BCUT2D eigenvalue weighted by Gasteiger charge is 2.18. The highest BCUT2D eigenvalue weighted by Crippen LogP contribution is 2.31. The topological polar surface area (TPSA) is 0 Å². The van der Waals surface area contributed by atoms with Crippen molar-refractivity contribution in [1.82, 2.24) is 0 Å². The summed E-state index contributed by atoms with van der Waals surface area (Å²) in [5, 5.41) is 0. The highest BCUT2D eigenvalue weighted by molar-refractivity contribution is 4.70. The van der Waals surface area contributed by atoms with Crippen LogP contribution in [-0.4, -0.2) is 0 Å². The van der Waals surface area contributed by atoms with Crippen molar-refractivity contribution in [1.29, 1.82) is 0 Å². The molecule has 0 unspecified atom stereocenters. The van der Waals surface area contributed by atoms with Crippen molar-refractivity contribution in [3.8, 4) is 0 Å². The third-order valence-electron chi connectivity index (χ3n) is 3.62. The van der Waals surface area contributed by atoms with Gasteiger partial charge in [0.05, 0.1) is 0 Å². The Morgan fingerprint density at radius 2 is 1.17 bits per heavy atom. The number of hydrogen-bond donors (Lipinski definition) is 0. The molecule has 0 aromatic rings. The second kappa shape index (κ2) is 5.61. The zero-order valence-electron chi connectivity index (χ0n) is 8.81. The van der Waals surface area contributed by atoms with Gasteiger partial charge in [0.1, 0.15) is 0 Å². The van der Waals surface area contributed by atoms with Gasteiger partial charge in [-0.3, -0.25) is 0 Å². The quantitative estimate of drug-likeness (QED) is 0.573. The first kappa shape index (κ1) is 10.1. The molecule has 0 amide bonds. The molecule has 1 aliphatic rings. The molecule has 12 heavy (non-hydrogen) atoms. The average molecular weight is 168 g/mol. The van der Waals surface area contributed by atoms with Gasteiger partial charge >= 0.3 is 0 Å². The molecule has 0 N–H and O–H groups in total. The summed E-state index contributed by atoms with van der Waals surface area (Å²) in [7, 11) is 0. The van der Waals surface area contributed by atoms with E-state index in [-0.39, 0.29) is 0 Å². The predicted octanol–water partition coefficient (Wildman–Crippen LogP) is 4.39. The lowest BCUT2D eigenvalue weighted by Gasteiger charge is -2.27. The van der Waals surface area contributed by atoms with Crippen LogP contribution in [-0.2, 0) is 0 Å². The van der Waals surface area contributed by atoms with Crippen molar-refractivity contribution >= 4 is 0 Å². The first-order valence-electron chi connectivity index (χ1n) is 5.88. The lowest BCUT2D eigenvalue weighted by atomic mass is 9.79. The van der Waals surface area contributed by atoms with Crippen molar-refractivity contribution in [2.24, 2.45) is 11.8 Å². The fourth-order valence-corrected chi connectivity index (χ4v) is 2.71. The molecule has 0 heteroatoms. The van der Waals surface area contributed by atoms with E-state index in [1.165, 1.54) is 51.4 Å². The van der Waals surface area contributed by atoms with Crippen LogP contribution < -0.4 is 0 Å². The maximum Gasteiger partial charge on any atom is -0.0389 e. The molecular formula is C12H24. The van der Waals surface area contributed by atoms with E-state index < -0.39 is 0 Å². The molecule has 1 rings (SSSR count). The van der Waals surface area contributed by atoms with Gasteiger partial charge in [0.15, 0.2) is 0 Å². The Labute approximate surface area is 77.7 Å². The molecule has 2 atom stereocenters. The molecular weight excluding hydrogens is 144 g/mol. The Hall–Kier alpha value is 0. The van der Waals surface area contributed by atoms with Crippen molar-refractivity contribution in [2.75, 3.05) is 0 Å². The second-order valence-electron chi connectivity index (χ2n) is 4.33. The van der Waals surface area contributed by atoms with E-state index in [0.717, 1.165) is 11.8 Å². The van der Waals surface area contributed by atoms with Gasteiger partial charge in [0.25, 0.3) is 0 Å². The summed E-state index contributed by atoms with van der Waals surface area (Å²) in [6.07, 6.45) is 11.8. The molecule has 0 nitrogen and oxygen atoms in total. The molecule has 0 aromatic carbocycles. The summed E-state index contributed by atoms with van der Waals surface area (Å²) >= 11 is 0. The van der Waals surface area contributed by atoms with Crippen LogP contribution in [0.3, 0.4) is 0 Å². The molecule has 1 saturated carbocycles. The van der Waals surface area contributed by atoms with Gasteiger partial charge in [0.2, 0.25) is 0 Å². The second-order valence-corrected chi connectivity index (χ2v) is 4.33. The van der Waals surface area contributed by atoms with Crippen LogP contribution in [0.15, 0.2) is 0 Å². The maximum atomic E-state index is 2.37. The van der Waals surface area contributed by atoms with Crippen molar-refractivity contribution in [2.45, 2.75) is 65.2 Å². The van der Waals surface area contributed by atoms with E-state index in [1.807, 2.05) is 0 Å². The van der Waals surface area contributed by atoms with Crippen LogP contribution >= 0.6 is 0 Å². The predicted molar refractivity (Wildman–Crippen MR) is 55.3 cm³/mol. The standard InChI is InChI=1S/C12H24/c1-3-11-9-7-5-6-8-10-12(11)4-2/h11-12H,3-10H2,1-2H3/t11-,12-/m0/s1. The Morgan fingerprint density at radius 1 is 0.750 bits per heavy atom. The van der Waals surface area contributed by atoms with Gasteiger partial charge in [-0.05, 0) is 11.8 Å². The van der Waals surface area contributed by atoms with Gasteiger partial charge in [-0.15, -0.1) is 0 Å². The Bertz CT molecular complexity index is 92.6. The van der Waals surface area contributed by atoms with E-state index in [9.17, 15) is 0 Å².